The van der Waals surface area contributed by atoms with Crippen molar-refractivity contribution in [2.24, 2.45) is 0 Å². The summed E-state index contributed by atoms with van der Waals surface area (Å²) >= 11 is 5.87. The number of hydrogen-bond donors (Lipinski definition) is 0. The van der Waals surface area contributed by atoms with Crippen LogP contribution in [0.4, 0.5) is 18.9 Å². The number of amides is 1. The number of pyridine rings is 1. The average molecular weight is 354 g/mol. The molecule has 0 bridgehead atoms. The number of imidazole rings is 1. The van der Waals surface area contributed by atoms with Crippen LogP contribution in [0.1, 0.15) is 16.1 Å². The van der Waals surface area contributed by atoms with Crippen LogP contribution in [0.15, 0.2) is 48.8 Å². The number of aromatic nitrogens is 2. The molecule has 1 amide bonds. The van der Waals surface area contributed by atoms with Crippen LogP contribution in [-0.2, 0) is 6.18 Å². The average Bonchev–Trinajstić information content (AvgIpc) is 2.98. The monoisotopic (exact) mass is 353 g/mol. The molecular weight excluding hydrogens is 343 g/mol. The first-order chi connectivity index (χ1) is 11.3. The van der Waals surface area contributed by atoms with Gasteiger partial charge in [0.1, 0.15) is 5.69 Å². The van der Waals surface area contributed by atoms with Crippen molar-refractivity contribution in [3.8, 4) is 0 Å². The lowest BCUT2D eigenvalue weighted by atomic mass is 10.3. The number of rotatable bonds is 2. The Labute approximate surface area is 140 Å². The van der Waals surface area contributed by atoms with Crippen LogP contribution in [0.3, 0.4) is 0 Å². The Kier molecular flexibility index (Phi) is 3.96. The van der Waals surface area contributed by atoms with Crippen LogP contribution >= 0.6 is 11.6 Å². The molecule has 0 N–H and O–H groups in total. The van der Waals surface area contributed by atoms with Gasteiger partial charge in [-0.3, -0.25) is 4.79 Å². The van der Waals surface area contributed by atoms with Gasteiger partial charge in [-0.25, -0.2) is 4.98 Å². The van der Waals surface area contributed by atoms with Crippen LogP contribution in [0.2, 0.25) is 5.02 Å². The number of carbonyl (C=O) groups is 1. The maximum absolute atomic E-state index is 12.8. The van der Waals surface area contributed by atoms with Crippen molar-refractivity contribution in [3.63, 3.8) is 0 Å². The highest BCUT2D eigenvalue weighted by molar-refractivity contribution is 6.33. The van der Waals surface area contributed by atoms with E-state index in [1.165, 1.54) is 11.1 Å². The number of alkyl halides is 3. The second kappa shape index (κ2) is 5.83. The molecule has 0 aliphatic heterocycles. The summed E-state index contributed by atoms with van der Waals surface area (Å²) in [6.07, 6.45) is -2.45. The molecule has 0 atom stereocenters. The summed E-state index contributed by atoms with van der Waals surface area (Å²) in [7, 11) is 1.56. The Morgan fingerprint density at radius 1 is 1.21 bits per heavy atom. The normalized spacial score (nSPS) is 11.7. The Bertz CT molecular complexity index is 906. The number of anilines is 1. The van der Waals surface area contributed by atoms with Crippen molar-refractivity contribution >= 4 is 28.8 Å². The molecule has 0 saturated heterocycles. The number of hydrogen-bond acceptors (Lipinski definition) is 2. The number of fused-ring (bicyclic) bond motifs is 1. The molecule has 0 radical (unpaired) electrons. The van der Waals surface area contributed by atoms with Crippen molar-refractivity contribution in [1.82, 2.24) is 9.38 Å². The molecule has 2 aromatic heterocycles. The molecule has 3 rings (SSSR count). The zero-order chi connectivity index (χ0) is 17.5. The molecule has 0 spiro atoms. The summed E-state index contributed by atoms with van der Waals surface area (Å²) < 4.78 is 39.6. The zero-order valence-electron chi connectivity index (χ0n) is 12.4. The molecule has 2 heterocycles. The summed E-state index contributed by atoms with van der Waals surface area (Å²) in [6, 6.07) is 9.62. The quantitative estimate of drug-likeness (QED) is 0.689. The van der Waals surface area contributed by atoms with Gasteiger partial charge in [-0.05, 0) is 18.2 Å². The van der Waals surface area contributed by atoms with Gasteiger partial charge < -0.3 is 9.30 Å². The first kappa shape index (κ1) is 16.3. The highest BCUT2D eigenvalue weighted by Crippen LogP contribution is 2.32. The summed E-state index contributed by atoms with van der Waals surface area (Å²) in [5, 5.41) is -0.175. The van der Waals surface area contributed by atoms with Gasteiger partial charge in [0.05, 0.1) is 10.6 Å². The number of benzene rings is 1. The third-order valence-electron chi connectivity index (χ3n) is 3.50. The van der Waals surface area contributed by atoms with Gasteiger partial charge in [-0.15, -0.1) is 0 Å². The lowest BCUT2D eigenvalue weighted by molar-refractivity contribution is -0.137. The van der Waals surface area contributed by atoms with Crippen LogP contribution < -0.4 is 4.90 Å². The van der Waals surface area contributed by atoms with Gasteiger partial charge in [0, 0.05) is 25.1 Å². The van der Waals surface area contributed by atoms with E-state index in [1.807, 2.05) is 6.07 Å². The van der Waals surface area contributed by atoms with Gasteiger partial charge >= 0.3 is 6.18 Å². The molecule has 24 heavy (non-hydrogen) atoms. The lowest BCUT2D eigenvalue weighted by Gasteiger charge is -2.15. The van der Waals surface area contributed by atoms with E-state index in [1.54, 1.807) is 31.3 Å². The molecule has 8 heteroatoms. The van der Waals surface area contributed by atoms with E-state index in [0.29, 0.717) is 5.69 Å². The van der Waals surface area contributed by atoms with E-state index >= 15 is 0 Å². The van der Waals surface area contributed by atoms with Crippen molar-refractivity contribution in [1.29, 1.82) is 0 Å². The molecular formula is C16H11ClF3N3O. The molecule has 4 nitrogen and oxygen atoms in total. The lowest BCUT2D eigenvalue weighted by Crippen LogP contribution is -2.26. The van der Waals surface area contributed by atoms with E-state index in [9.17, 15) is 18.0 Å². The summed E-state index contributed by atoms with van der Waals surface area (Å²) in [6.45, 7) is 0. The summed E-state index contributed by atoms with van der Waals surface area (Å²) in [5.41, 5.74) is -0.175. The second-order valence-corrected chi connectivity index (χ2v) is 5.54. The Morgan fingerprint density at radius 3 is 2.50 bits per heavy atom. The van der Waals surface area contributed by atoms with Crippen LogP contribution in [-0.4, -0.2) is 22.3 Å². The standard InChI is InChI=1S/C16H11ClF3N3O/c1-22(11-5-3-2-4-6-11)15(24)13-9-23-8-10(16(18,19)20)7-12(17)14(23)21-13/h2-9H,1H3. The van der Waals surface area contributed by atoms with Crippen molar-refractivity contribution in [2.75, 3.05) is 11.9 Å². The smallest absolute Gasteiger partial charge is 0.310 e. The number of para-hydroxylation sites is 1. The van der Waals surface area contributed by atoms with Crippen molar-refractivity contribution in [3.05, 3.63) is 65.1 Å². The van der Waals surface area contributed by atoms with Gasteiger partial charge in [0.15, 0.2) is 5.65 Å². The van der Waals surface area contributed by atoms with E-state index in [2.05, 4.69) is 4.98 Å². The minimum atomic E-state index is -4.53. The summed E-state index contributed by atoms with van der Waals surface area (Å²) in [4.78, 5) is 17.9. The highest BCUT2D eigenvalue weighted by Gasteiger charge is 2.32. The van der Waals surface area contributed by atoms with Gasteiger partial charge in [-0.1, -0.05) is 29.8 Å². The fourth-order valence-corrected chi connectivity index (χ4v) is 2.51. The zero-order valence-corrected chi connectivity index (χ0v) is 13.1. The predicted molar refractivity (Wildman–Crippen MR) is 84.4 cm³/mol. The molecule has 0 unspecified atom stereocenters. The first-order valence-electron chi connectivity index (χ1n) is 6.86. The van der Waals surface area contributed by atoms with E-state index in [0.717, 1.165) is 16.7 Å². The molecule has 0 aliphatic rings. The molecule has 124 valence electrons. The van der Waals surface area contributed by atoms with Gasteiger partial charge in [0.2, 0.25) is 0 Å². The largest absolute Gasteiger partial charge is 0.417 e. The van der Waals surface area contributed by atoms with Crippen LogP contribution in [0.25, 0.3) is 5.65 Å². The molecule has 0 fully saturated rings. The number of carbonyl (C=O) groups excluding carboxylic acids is 1. The Hall–Kier alpha value is -2.54. The number of halogens is 4. The Morgan fingerprint density at radius 2 is 1.88 bits per heavy atom. The van der Waals surface area contributed by atoms with Gasteiger partial charge in [0.25, 0.3) is 5.91 Å². The van der Waals surface area contributed by atoms with Gasteiger partial charge in [-0.2, -0.15) is 13.2 Å². The molecule has 3 aromatic rings. The third kappa shape index (κ3) is 2.94. The van der Waals surface area contributed by atoms with Crippen LogP contribution in [0.5, 0.6) is 0 Å². The minimum absolute atomic E-state index is 0.00239. The van der Waals surface area contributed by atoms with Crippen LogP contribution in [0, 0.1) is 0 Å². The SMILES string of the molecule is CN(C(=O)c1cn2cc(C(F)(F)F)cc(Cl)c2n1)c1ccccc1. The van der Waals surface area contributed by atoms with Crippen molar-refractivity contribution < 1.29 is 18.0 Å². The number of nitrogens with zero attached hydrogens (tertiary/aromatic N) is 3. The molecule has 0 saturated carbocycles. The Balaban J connectivity index is 2.02. The van der Waals surface area contributed by atoms with E-state index in [-0.39, 0.29) is 16.4 Å². The third-order valence-corrected chi connectivity index (χ3v) is 3.78. The van der Waals surface area contributed by atoms with E-state index < -0.39 is 17.6 Å². The fourth-order valence-electron chi connectivity index (χ4n) is 2.26. The minimum Gasteiger partial charge on any atom is -0.310 e. The van der Waals surface area contributed by atoms with Crippen molar-refractivity contribution in [2.45, 2.75) is 6.18 Å². The maximum Gasteiger partial charge on any atom is 0.417 e. The topological polar surface area (TPSA) is 37.6 Å². The fraction of sp³-hybridized carbons (Fsp3) is 0.125. The maximum atomic E-state index is 12.8. The van der Waals surface area contributed by atoms with E-state index in [4.69, 9.17) is 11.6 Å². The highest BCUT2D eigenvalue weighted by atomic mass is 35.5. The summed E-state index contributed by atoms with van der Waals surface area (Å²) in [5.74, 6) is -0.450. The predicted octanol–water partition coefficient (Wildman–Crippen LogP) is 4.28. The molecule has 0 aliphatic carbocycles. The first-order valence-corrected chi connectivity index (χ1v) is 7.24. The second-order valence-electron chi connectivity index (χ2n) is 5.13. The molecule has 1 aromatic carbocycles.